The van der Waals surface area contributed by atoms with Crippen molar-refractivity contribution < 1.29 is 40.6 Å². The Morgan fingerprint density at radius 1 is 1.17 bits per heavy atom. The van der Waals surface area contributed by atoms with Gasteiger partial charge in [0, 0.05) is 5.02 Å². The Bertz CT molecular complexity index is 346. The number of hydrogen-bond donors (Lipinski definition) is 0. The van der Waals surface area contributed by atoms with E-state index in [-0.39, 0.29) is 32.6 Å². The van der Waals surface area contributed by atoms with Crippen LogP contribution in [-0.2, 0) is 37.8 Å². The molecule has 0 saturated heterocycles. The number of rotatable bonds is 1. The average Bonchev–Trinajstić information content (AvgIpc) is 1.86. The fourth-order valence-electron chi connectivity index (χ4n) is 0.601. The molecule has 0 aromatic heterocycles. The molecule has 61 valence electrons. The Morgan fingerprint density at radius 2 is 1.58 bits per heavy atom. The van der Waals surface area contributed by atoms with Gasteiger partial charge in [-0.3, -0.25) is 0 Å². The predicted octanol–water partition coefficient (Wildman–Crippen LogP) is 1.24. The molecule has 0 heterocycles. The Morgan fingerprint density at radius 3 is 1.92 bits per heavy atom. The molecule has 0 atom stereocenters. The second-order valence-electron chi connectivity index (χ2n) is 1.91. The SMILES string of the molecule is O=S(=O)([O-])c1ccc(Cl)cc1.[Hg+]. The third-order valence-electron chi connectivity index (χ3n) is 1.10. The molecule has 1 radical (unpaired) electrons. The second-order valence-corrected chi connectivity index (χ2v) is 3.72. The van der Waals surface area contributed by atoms with Gasteiger partial charge in [0.25, 0.3) is 0 Å². The molecule has 1 aromatic rings. The van der Waals surface area contributed by atoms with Gasteiger partial charge in [-0.25, -0.2) is 8.42 Å². The fourth-order valence-corrected chi connectivity index (χ4v) is 1.20. The number of benzene rings is 1. The molecule has 0 N–H and O–H groups in total. The van der Waals surface area contributed by atoms with Crippen LogP contribution in [0.3, 0.4) is 0 Å². The van der Waals surface area contributed by atoms with Crippen LogP contribution in [0.15, 0.2) is 29.2 Å². The van der Waals surface area contributed by atoms with Crippen LogP contribution in [0.5, 0.6) is 0 Å². The topological polar surface area (TPSA) is 57.2 Å². The van der Waals surface area contributed by atoms with E-state index in [2.05, 4.69) is 0 Å². The third-order valence-corrected chi connectivity index (χ3v) is 2.20. The summed E-state index contributed by atoms with van der Waals surface area (Å²) in [5, 5.41) is 0.400. The molecule has 0 spiro atoms. The van der Waals surface area contributed by atoms with E-state index in [4.69, 9.17) is 11.6 Å². The molecule has 0 aliphatic heterocycles. The Kier molecular flexibility index (Phi) is 4.69. The summed E-state index contributed by atoms with van der Waals surface area (Å²) in [6, 6.07) is 5.05. The molecular weight excluding hydrogens is 388 g/mol. The van der Waals surface area contributed by atoms with Crippen LogP contribution in [0.1, 0.15) is 0 Å². The Labute approximate surface area is 96.0 Å². The van der Waals surface area contributed by atoms with Gasteiger partial charge in [0.1, 0.15) is 10.1 Å². The van der Waals surface area contributed by atoms with Gasteiger partial charge >= 0.3 is 27.7 Å². The van der Waals surface area contributed by atoms with E-state index >= 15 is 0 Å². The summed E-state index contributed by atoms with van der Waals surface area (Å²) >= 11 is 5.46. The van der Waals surface area contributed by atoms with Crippen LogP contribution in [-0.4, -0.2) is 13.0 Å². The van der Waals surface area contributed by atoms with E-state index in [1.54, 1.807) is 0 Å². The summed E-state index contributed by atoms with van der Waals surface area (Å²) in [7, 11) is -4.33. The van der Waals surface area contributed by atoms with E-state index in [0.717, 1.165) is 0 Å². The predicted molar refractivity (Wildman–Crippen MR) is 39.4 cm³/mol. The molecule has 0 unspecified atom stereocenters. The first-order valence-electron chi connectivity index (χ1n) is 2.71. The molecule has 3 nitrogen and oxygen atoms in total. The van der Waals surface area contributed by atoms with Crippen LogP contribution in [0, 0.1) is 0 Å². The van der Waals surface area contributed by atoms with Crippen molar-refractivity contribution in [3.63, 3.8) is 0 Å². The summed E-state index contributed by atoms with van der Waals surface area (Å²) in [6.45, 7) is 0. The van der Waals surface area contributed by atoms with E-state index in [1.165, 1.54) is 24.3 Å². The smallest absolute Gasteiger partial charge is 0.744 e. The zero-order chi connectivity index (χ0) is 8.48. The van der Waals surface area contributed by atoms with Crippen LogP contribution in [0.4, 0.5) is 0 Å². The molecule has 0 fully saturated rings. The van der Waals surface area contributed by atoms with Gasteiger partial charge in [-0.15, -0.1) is 0 Å². The van der Waals surface area contributed by atoms with Crippen LogP contribution >= 0.6 is 11.6 Å². The van der Waals surface area contributed by atoms with Crippen molar-refractivity contribution in [2.24, 2.45) is 0 Å². The summed E-state index contributed by atoms with van der Waals surface area (Å²) < 4.78 is 31.0. The molecule has 6 heteroatoms. The first-order valence-corrected chi connectivity index (χ1v) is 4.50. The molecule has 12 heavy (non-hydrogen) atoms. The van der Waals surface area contributed by atoms with E-state index in [1.807, 2.05) is 0 Å². The Hall–Kier alpha value is 0.355. The van der Waals surface area contributed by atoms with Gasteiger partial charge < -0.3 is 4.55 Å². The maximum Gasteiger partial charge on any atom is 1.00 e. The van der Waals surface area contributed by atoms with Gasteiger partial charge in [-0.05, 0) is 24.3 Å². The van der Waals surface area contributed by atoms with Gasteiger partial charge in [-0.2, -0.15) is 0 Å². The molecule has 0 amide bonds. The normalized spacial score (nSPS) is 10.5. The summed E-state index contributed by atoms with van der Waals surface area (Å²) in [6.07, 6.45) is 0. The number of halogens is 1. The van der Waals surface area contributed by atoms with Crippen molar-refractivity contribution in [2.45, 2.75) is 4.90 Å². The third kappa shape index (κ3) is 3.39. The molecule has 1 aromatic carbocycles. The van der Waals surface area contributed by atoms with Crippen LogP contribution in [0.2, 0.25) is 5.02 Å². The maximum absolute atomic E-state index is 10.3. The maximum atomic E-state index is 10.3. The summed E-state index contributed by atoms with van der Waals surface area (Å²) in [5.74, 6) is 0. The first-order chi connectivity index (χ1) is 5.00. The van der Waals surface area contributed by atoms with E-state index in [0.29, 0.717) is 5.02 Å². The van der Waals surface area contributed by atoms with Gasteiger partial charge in [-0.1, -0.05) is 11.6 Å². The average molecular weight is 392 g/mol. The van der Waals surface area contributed by atoms with Crippen molar-refractivity contribution in [3.05, 3.63) is 29.3 Å². The summed E-state index contributed by atoms with van der Waals surface area (Å²) in [5.41, 5.74) is 0. The minimum absolute atomic E-state index is 0. The Balaban J connectivity index is 0.00000121. The minimum atomic E-state index is -4.33. The van der Waals surface area contributed by atoms with E-state index < -0.39 is 10.1 Å². The van der Waals surface area contributed by atoms with Crippen molar-refractivity contribution in [2.75, 3.05) is 0 Å². The van der Waals surface area contributed by atoms with Crippen molar-refractivity contribution in [1.29, 1.82) is 0 Å². The van der Waals surface area contributed by atoms with Crippen LogP contribution in [0.25, 0.3) is 0 Å². The van der Waals surface area contributed by atoms with Gasteiger partial charge in [0.2, 0.25) is 0 Å². The molecule has 0 saturated carbocycles. The second kappa shape index (κ2) is 4.55. The molecule has 0 bridgehead atoms. The van der Waals surface area contributed by atoms with Gasteiger partial charge in [0.05, 0.1) is 4.90 Å². The summed E-state index contributed by atoms with van der Waals surface area (Å²) in [4.78, 5) is -0.262. The molecule has 1 rings (SSSR count). The molecule has 0 aliphatic rings. The standard InChI is InChI=1S/C6H5ClO3S.Hg/c7-5-1-3-6(4-2-5)11(8,9)10;/h1-4H,(H,8,9,10);/q;+1/p-1. The number of hydrogen-bond acceptors (Lipinski definition) is 3. The first kappa shape index (κ1) is 12.4. The zero-order valence-electron chi connectivity index (χ0n) is 6.03. The largest absolute Gasteiger partial charge is 1.00 e. The minimum Gasteiger partial charge on any atom is -0.744 e. The fraction of sp³-hybridized carbons (Fsp3) is 0. The van der Waals surface area contributed by atoms with E-state index in [9.17, 15) is 13.0 Å². The van der Waals surface area contributed by atoms with Gasteiger partial charge in [0.15, 0.2) is 0 Å². The van der Waals surface area contributed by atoms with Crippen molar-refractivity contribution >= 4 is 21.7 Å². The van der Waals surface area contributed by atoms with Crippen LogP contribution < -0.4 is 0 Å². The zero-order valence-corrected chi connectivity index (χ0v) is 13.1. The molecule has 0 aliphatic carbocycles. The van der Waals surface area contributed by atoms with Crippen molar-refractivity contribution in [1.82, 2.24) is 0 Å². The van der Waals surface area contributed by atoms with Crippen molar-refractivity contribution in [3.8, 4) is 0 Å². The quantitative estimate of drug-likeness (QED) is 0.534. The molecular formula is C6H4ClHgO3S. The monoisotopic (exact) mass is 393 g/mol.